The third-order valence-corrected chi connectivity index (χ3v) is 5.91. The van der Waals surface area contributed by atoms with Crippen molar-refractivity contribution in [1.82, 2.24) is 0 Å². The minimum atomic E-state index is -0.579. The highest BCUT2D eigenvalue weighted by Gasteiger charge is 2.50. The summed E-state index contributed by atoms with van der Waals surface area (Å²) in [7, 11) is 0. The van der Waals surface area contributed by atoms with Crippen LogP contribution in [0.5, 0.6) is 0 Å². The summed E-state index contributed by atoms with van der Waals surface area (Å²) >= 11 is 0. The Kier molecular flexibility index (Phi) is 6.23. The number of nitrogens with one attached hydrogen (secondary N) is 2. The lowest BCUT2D eigenvalue weighted by molar-refractivity contribution is 0.102. The number of nitrogens with two attached hydrogens (primary N) is 1. The van der Waals surface area contributed by atoms with Crippen LogP contribution in [0.2, 0.25) is 0 Å². The van der Waals surface area contributed by atoms with Gasteiger partial charge in [0.1, 0.15) is 6.61 Å². The summed E-state index contributed by atoms with van der Waals surface area (Å²) in [6, 6.07) is 24.0. The van der Waals surface area contributed by atoms with Crippen LogP contribution in [0.3, 0.4) is 0 Å². The first-order valence-electron chi connectivity index (χ1n) is 10.7. The molecule has 0 saturated heterocycles. The summed E-state index contributed by atoms with van der Waals surface area (Å²) in [4.78, 5) is 24.9. The largest absolute Gasteiger partial charge is 0.444 e. The zero-order chi connectivity index (χ0) is 22.6. The molecular formula is C26H27N3O3. The summed E-state index contributed by atoms with van der Waals surface area (Å²) in [6.45, 7) is 2.27. The van der Waals surface area contributed by atoms with Crippen molar-refractivity contribution in [3.8, 4) is 0 Å². The van der Waals surface area contributed by atoms with E-state index < -0.39 is 6.09 Å². The second kappa shape index (κ2) is 9.24. The van der Waals surface area contributed by atoms with E-state index in [0.29, 0.717) is 17.2 Å². The first-order chi connectivity index (χ1) is 15.5. The Balaban J connectivity index is 1.36. The fourth-order valence-corrected chi connectivity index (χ4v) is 3.81. The number of anilines is 2. The number of carbonyl (C=O) groups is 2. The molecule has 4 N–H and O–H groups in total. The summed E-state index contributed by atoms with van der Waals surface area (Å²) in [5, 5.41) is 5.59. The molecule has 0 unspecified atom stereocenters. The van der Waals surface area contributed by atoms with Crippen LogP contribution >= 0.6 is 0 Å². The maximum absolute atomic E-state index is 12.8. The van der Waals surface area contributed by atoms with Gasteiger partial charge in [-0.05, 0) is 54.3 Å². The number of carbonyl (C=O) groups excluding carboxylic acids is 2. The average Bonchev–Trinajstić information content (AvgIpc) is 3.51. The minimum absolute atomic E-state index is 0.127. The number of rotatable bonds is 7. The number of ether oxygens (including phenoxy) is 1. The number of hydrogen-bond acceptors (Lipinski definition) is 4. The van der Waals surface area contributed by atoms with Gasteiger partial charge in [0.25, 0.3) is 5.91 Å². The van der Waals surface area contributed by atoms with Gasteiger partial charge < -0.3 is 15.8 Å². The van der Waals surface area contributed by atoms with Crippen LogP contribution in [0.4, 0.5) is 16.2 Å². The van der Waals surface area contributed by atoms with Gasteiger partial charge in [-0.15, -0.1) is 0 Å². The van der Waals surface area contributed by atoms with E-state index in [2.05, 4.69) is 23.6 Å². The molecule has 6 nitrogen and oxygen atoms in total. The number of benzene rings is 3. The molecule has 2 amide bonds. The third-order valence-electron chi connectivity index (χ3n) is 5.91. The van der Waals surface area contributed by atoms with Gasteiger partial charge in [-0.25, -0.2) is 4.79 Å². The Morgan fingerprint density at radius 1 is 0.969 bits per heavy atom. The minimum Gasteiger partial charge on any atom is -0.444 e. The first-order valence-corrected chi connectivity index (χ1v) is 10.7. The molecular weight excluding hydrogens is 402 g/mol. The maximum atomic E-state index is 12.8. The van der Waals surface area contributed by atoms with Gasteiger partial charge in [0.2, 0.25) is 0 Å². The van der Waals surface area contributed by atoms with Gasteiger partial charge in [-0.1, -0.05) is 55.5 Å². The molecule has 3 aromatic carbocycles. The van der Waals surface area contributed by atoms with Crippen LogP contribution in [0.25, 0.3) is 0 Å². The standard InChI is InChI=1S/C26H27N3O3/c1-2-26(27)16-23(26)19-10-6-12-21(14-19)28-24(30)20-11-7-13-22(15-20)29-25(31)32-17-18-8-4-3-5-9-18/h3-15,23H,2,16-17,27H2,1H3,(H,28,30)(H,29,31)/t23-,26+/m0/s1. The SMILES string of the molecule is CC[C@@]1(N)C[C@H]1c1cccc(NC(=O)c2cccc(NC(=O)OCc3ccccc3)c2)c1. The Morgan fingerprint density at radius 3 is 2.41 bits per heavy atom. The van der Waals surface area contributed by atoms with Crippen LogP contribution < -0.4 is 16.4 Å². The second-order valence-electron chi connectivity index (χ2n) is 8.19. The first kappa shape index (κ1) is 21.6. The van der Waals surface area contributed by atoms with E-state index >= 15 is 0 Å². The van der Waals surface area contributed by atoms with Gasteiger partial charge in [-0.3, -0.25) is 10.1 Å². The van der Waals surface area contributed by atoms with Crippen LogP contribution in [0, 0.1) is 0 Å². The second-order valence-corrected chi connectivity index (χ2v) is 8.19. The Labute approximate surface area is 187 Å². The van der Waals surface area contributed by atoms with Crippen LogP contribution in [-0.2, 0) is 11.3 Å². The summed E-state index contributed by atoms with van der Waals surface area (Å²) < 4.78 is 5.23. The van der Waals surface area contributed by atoms with Crippen molar-refractivity contribution < 1.29 is 14.3 Å². The number of hydrogen-bond donors (Lipinski definition) is 3. The quantitative estimate of drug-likeness (QED) is 0.476. The van der Waals surface area contributed by atoms with Crippen molar-refractivity contribution in [1.29, 1.82) is 0 Å². The van der Waals surface area contributed by atoms with Gasteiger partial charge in [0, 0.05) is 28.4 Å². The number of amides is 2. The molecule has 2 atom stereocenters. The molecule has 1 aliphatic carbocycles. The van der Waals surface area contributed by atoms with E-state index in [1.54, 1.807) is 24.3 Å². The molecule has 164 valence electrons. The van der Waals surface area contributed by atoms with Crippen molar-refractivity contribution in [2.24, 2.45) is 5.73 Å². The fourth-order valence-electron chi connectivity index (χ4n) is 3.81. The molecule has 1 aliphatic rings. The normalized spacial score (nSPS) is 19.1. The van der Waals surface area contributed by atoms with Crippen LogP contribution in [-0.4, -0.2) is 17.5 Å². The molecule has 32 heavy (non-hydrogen) atoms. The van der Waals surface area contributed by atoms with Crippen molar-refractivity contribution in [2.45, 2.75) is 37.8 Å². The van der Waals surface area contributed by atoms with Gasteiger partial charge in [0.05, 0.1) is 0 Å². The van der Waals surface area contributed by atoms with Crippen molar-refractivity contribution >= 4 is 23.4 Å². The highest BCUT2D eigenvalue weighted by molar-refractivity contribution is 6.05. The van der Waals surface area contributed by atoms with E-state index in [1.165, 1.54) is 0 Å². The van der Waals surface area contributed by atoms with Gasteiger partial charge in [-0.2, -0.15) is 0 Å². The summed E-state index contributed by atoms with van der Waals surface area (Å²) in [5.41, 5.74) is 9.90. The smallest absolute Gasteiger partial charge is 0.411 e. The average molecular weight is 430 g/mol. The van der Waals surface area contributed by atoms with E-state index in [0.717, 1.165) is 29.7 Å². The molecule has 0 radical (unpaired) electrons. The lowest BCUT2D eigenvalue weighted by Crippen LogP contribution is -2.22. The predicted octanol–water partition coefficient (Wildman–Crippen LogP) is 5.28. The highest BCUT2D eigenvalue weighted by Crippen LogP contribution is 2.51. The van der Waals surface area contributed by atoms with Crippen LogP contribution in [0.1, 0.15) is 47.2 Å². The lowest BCUT2D eigenvalue weighted by Gasteiger charge is -2.11. The maximum Gasteiger partial charge on any atom is 0.411 e. The Morgan fingerprint density at radius 2 is 1.69 bits per heavy atom. The van der Waals surface area contributed by atoms with E-state index in [4.69, 9.17) is 10.5 Å². The lowest BCUT2D eigenvalue weighted by atomic mass is 10.0. The molecule has 3 aromatic rings. The monoisotopic (exact) mass is 429 g/mol. The van der Waals surface area contributed by atoms with E-state index in [1.807, 2.05) is 48.5 Å². The third kappa shape index (κ3) is 5.15. The Bertz CT molecular complexity index is 1120. The molecule has 0 spiro atoms. The molecule has 4 rings (SSSR count). The van der Waals surface area contributed by atoms with E-state index in [9.17, 15) is 9.59 Å². The molecule has 0 heterocycles. The molecule has 0 aromatic heterocycles. The van der Waals surface area contributed by atoms with Crippen molar-refractivity contribution in [3.63, 3.8) is 0 Å². The van der Waals surface area contributed by atoms with Crippen molar-refractivity contribution in [3.05, 3.63) is 95.6 Å². The van der Waals surface area contributed by atoms with Gasteiger partial charge >= 0.3 is 6.09 Å². The van der Waals surface area contributed by atoms with Crippen molar-refractivity contribution in [2.75, 3.05) is 10.6 Å². The molecule has 6 heteroatoms. The zero-order valence-corrected chi connectivity index (χ0v) is 18.0. The molecule has 1 fully saturated rings. The molecule has 0 aliphatic heterocycles. The van der Waals surface area contributed by atoms with E-state index in [-0.39, 0.29) is 18.1 Å². The zero-order valence-electron chi connectivity index (χ0n) is 18.0. The summed E-state index contributed by atoms with van der Waals surface area (Å²) in [5.74, 6) is 0.0764. The predicted molar refractivity (Wildman–Crippen MR) is 126 cm³/mol. The van der Waals surface area contributed by atoms with Crippen LogP contribution in [0.15, 0.2) is 78.9 Å². The highest BCUT2D eigenvalue weighted by atomic mass is 16.5. The topological polar surface area (TPSA) is 93.5 Å². The Hall–Kier alpha value is -3.64. The summed E-state index contributed by atoms with van der Waals surface area (Å²) in [6.07, 6.45) is 1.32. The molecule has 0 bridgehead atoms. The van der Waals surface area contributed by atoms with Gasteiger partial charge in [0.15, 0.2) is 0 Å². The molecule has 1 saturated carbocycles. The fraction of sp³-hybridized carbons (Fsp3) is 0.231.